The summed E-state index contributed by atoms with van der Waals surface area (Å²) in [4.78, 5) is 0. The smallest absolute Gasteiger partial charge is 0.137 e. The monoisotopic (exact) mass is 283 g/mol. The lowest BCUT2D eigenvalue weighted by Crippen LogP contribution is -2.01. The van der Waals surface area contributed by atoms with Gasteiger partial charge in [-0.15, -0.1) is 0 Å². The van der Waals surface area contributed by atoms with E-state index in [-0.39, 0.29) is 12.4 Å². The molecule has 0 saturated carbocycles. The summed E-state index contributed by atoms with van der Waals surface area (Å²) in [5, 5.41) is 0. The molecular formula is C18H18FNO. The number of nitrogens with two attached hydrogens (primary N) is 1. The summed E-state index contributed by atoms with van der Waals surface area (Å²) in [5.74, 6) is 5.80. The van der Waals surface area contributed by atoms with Gasteiger partial charge in [0.2, 0.25) is 0 Å². The van der Waals surface area contributed by atoms with Crippen molar-refractivity contribution in [3.05, 3.63) is 65.5 Å². The highest BCUT2D eigenvalue weighted by atomic mass is 19.1. The van der Waals surface area contributed by atoms with Crippen LogP contribution in [0.5, 0.6) is 5.75 Å². The van der Waals surface area contributed by atoms with E-state index in [9.17, 15) is 4.39 Å². The van der Waals surface area contributed by atoms with Crippen LogP contribution in [0.4, 0.5) is 4.39 Å². The van der Waals surface area contributed by atoms with Crippen molar-refractivity contribution in [3.63, 3.8) is 0 Å². The molecule has 0 atom stereocenters. The molecule has 2 aromatic rings. The van der Waals surface area contributed by atoms with Gasteiger partial charge in [0.1, 0.15) is 11.6 Å². The Morgan fingerprint density at radius 3 is 2.67 bits per heavy atom. The second-order valence-corrected chi connectivity index (χ2v) is 4.58. The molecule has 0 heterocycles. The van der Waals surface area contributed by atoms with Crippen LogP contribution in [-0.2, 0) is 6.42 Å². The molecule has 3 heteroatoms. The minimum atomic E-state index is -0.327. The summed E-state index contributed by atoms with van der Waals surface area (Å²) in [5.41, 5.74) is 7.29. The molecule has 0 aromatic heterocycles. The number of aryl methyl sites for hydroxylation is 1. The first-order chi connectivity index (χ1) is 10.3. The fourth-order valence-corrected chi connectivity index (χ4v) is 1.97. The van der Waals surface area contributed by atoms with Crippen LogP contribution in [0.3, 0.4) is 0 Å². The number of halogens is 1. The molecule has 2 rings (SSSR count). The molecule has 2 aromatic carbocycles. The third kappa shape index (κ3) is 4.94. The molecule has 0 aliphatic heterocycles. The van der Waals surface area contributed by atoms with E-state index in [2.05, 4.69) is 24.0 Å². The summed E-state index contributed by atoms with van der Waals surface area (Å²) in [6.07, 6.45) is 1.80. The molecule has 0 spiro atoms. The highest BCUT2D eigenvalue weighted by Gasteiger charge is 2.03. The third-order valence-electron chi connectivity index (χ3n) is 2.98. The van der Waals surface area contributed by atoms with Crippen molar-refractivity contribution in [3.8, 4) is 17.6 Å². The van der Waals surface area contributed by atoms with E-state index < -0.39 is 0 Å². The van der Waals surface area contributed by atoms with Crippen LogP contribution in [0.1, 0.15) is 17.5 Å². The Labute approximate surface area is 124 Å². The summed E-state index contributed by atoms with van der Waals surface area (Å²) in [6, 6.07) is 14.5. The minimum absolute atomic E-state index is 0.269. The van der Waals surface area contributed by atoms with Gasteiger partial charge in [-0.1, -0.05) is 42.2 Å². The van der Waals surface area contributed by atoms with Crippen molar-refractivity contribution in [1.29, 1.82) is 0 Å². The predicted octanol–water partition coefficient (Wildman–Crippen LogP) is 3.15. The molecule has 21 heavy (non-hydrogen) atoms. The molecule has 0 saturated heterocycles. The average Bonchev–Trinajstić information content (AvgIpc) is 2.52. The van der Waals surface area contributed by atoms with E-state index in [0.717, 1.165) is 12.8 Å². The predicted molar refractivity (Wildman–Crippen MR) is 82.6 cm³/mol. The molecule has 2 N–H and O–H groups in total. The third-order valence-corrected chi connectivity index (χ3v) is 2.98. The highest BCUT2D eigenvalue weighted by molar-refractivity contribution is 5.46. The van der Waals surface area contributed by atoms with E-state index >= 15 is 0 Å². The second-order valence-electron chi connectivity index (χ2n) is 4.58. The Morgan fingerprint density at radius 2 is 1.90 bits per heavy atom. The standard InChI is InChI=1S/C18H18FNO/c19-17-11-10-16(9-4-12-20)18(14-17)21-13-5-8-15-6-2-1-3-7-15/h1-3,6-7,10-11,14H,5,8,12-13,20H2. The van der Waals surface area contributed by atoms with Crippen molar-refractivity contribution in [2.45, 2.75) is 12.8 Å². The van der Waals surface area contributed by atoms with Crippen LogP contribution < -0.4 is 10.5 Å². The van der Waals surface area contributed by atoms with Gasteiger partial charge in [0, 0.05) is 6.07 Å². The zero-order valence-electron chi connectivity index (χ0n) is 11.8. The van der Waals surface area contributed by atoms with Gasteiger partial charge in [-0.2, -0.15) is 0 Å². The van der Waals surface area contributed by atoms with Crippen molar-refractivity contribution in [1.82, 2.24) is 0 Å². The number of hydrogen-bond donors (Lipinski definition) is 1. The van der Waals surface area contributed by atoms with Gasteiger partial charge in [-0.3, -0.25) is 0 Å². The van der Waals surface area contributed by atoms with Crippen molar-refractivity contribution in [2.24, 2.45) is 5.73 Å². The molecule has 0 amide bonds. The first kappa shape index (κ1) is 15.1. The van der Waals surface area contributed by atoms with E-state index in [1.165, 1.54) is 17.7 Å². The Hall–Kier alpha value is -2.31. The van der Waals surface area contributed by atoms with Gasteiger partial charge in [0.25, 0.3) is 0 Å². The van der Waals surface area contributed by atoms with Crippen molar-refractivity contribution >= 4 is 0 Å². The summed E-state index contributed by atoms with van der Waals surface area (Å²) in [7, 11) is 0. The van der Waals surface area contributed by atoms with E-state index in [1.807, 2.05) is 18.2 Å². The first-order valence-corrected chi connectivity index (χ1v) is 6.95. The maximum absolute atomic E-state index is 13.3. The minimum Gasteiger partial charge on any atom is -0.492 e. The molecular weight excluding hydrogens is 265 g/mol. The zero-order valence-corrected chi connectivity index (χ0v) is 11.8. The van der Waals surface area contributed by atoms with Crippen LogP contribution in [-0.4, -0.2) is 13.2 Å². The topological polar surface area (TPSA) is 35.2 Å². The Morgan fingerprint density at radius 1 is 1.10 bits per heavy atom. The van der Waals surface area contributed by atoms with Crippen molar-refractivity contribution < 1.29 is 9.13 Å². The van der Waals surface area contributed by atoms with E-state index in [0.29, 0.717) is 17.9 Å². The molecule has 2 nitrogen and oxygen atoms in total. The van der Waals surface area contributed by atoms with Crippen molar-refractivity contribution in [2.75, 3.05) is 13.2 Å². The fourth-order valence-electron chi connectivity index (χ4n) is 1.97. The molecule has 108 valence electrons. The van der Waals surface area contributed by atoms with E-state index in [1.54, 1.807) is 6.07 Å². The largest absolute Gasteiger partial charge is 0.492 e. The lowest BCUT2D eigenvalue weighted by Gasteiger charge is -2.08. The summed E-state index contributed by atoms with van der Waals surface area (Å²) in [6.45, 7) is 0.792. The molecule has 0 bridgehead atoms. The lowest BCUT2D eigenvalue weighted by molar-refractivity contribution is 0.308. The maximum atomic E-state index is 13.3. The Bertz CT molecular complexity index is 629. The molecule has 0 radical (unpaired) electrons. The SMILES string of the molecule is NCC#Cc1ccc(F)cc1OCCCc1ccccc1. The van der Waals surface area contributed by atoms with Crippen LogP contribution >= 0.6 is 0 Å². The van der Waals surface area contributed by atoms with Gasteiger partial charge in [0.15, 0.2) is 0 Å². The van der Waals surface area contributed by atoms with Crippen LogP contribution in [0, 0.1) is 17.7 Å². The van der Waals surface area contributed by atoms with Gasteiger partial charge < -0.3 is 10.5 Å². The Kier molecular flexibility index (Phi) is 5.81. The number of hydrogen-bond acceptors (Lipinski definition) is 2. The maximum Gasteiger partial charge on any atom is 0.137 e. The molecule has 0 aliphatic rings. The number of rotatable bonds is 5. The fraction of sp³-hybridized carbons (Fsp3) is 0.222. The molecule has 0 aliphatic carbocycles. The first-order valence-electron chi connectivity index (χ1n) is 6.95. The zero-order chi connectivity index (χ0) is 14.9. The van der Waals surface area contributed by atoms with E-state index in [4.69, 9.17) is 10.5 Å². The Balaban J connectivity index is 1.91. The highest BCUT2D eigenvalue weighted by Crippen LogP contribution is 2.19. The van der Waals surface area contributed by atoms with Gasteiger partial charge >= 0.3 is 0 Å². The van der Waals surface area contributed by atoms with Gasteiger partial charge in [-0.05, 0) is 30.5 Å². The lowest BCUT2D eigenvalue weighted by atomic mass is 10.1. The normalized spacial score (nSPS) is 9.81. The molecule has 0 unspecified atom stereocenters. The van der Waals surface area contributed by atoms with Crippen LogP contribution in [0.2, 0.25) is 0 Å². The number of benzene rings is 2. The van der Waals surface area contributed by atoms with Crippen LogP contribution in [0.15, 0.2) is 48.5 Å². The van der Waals surface area contributed by atoms with Crippen LogP contribution in [0.25, 0.3) is 0 Å². The van der Waals surface area contributed by atoms with Gasteiger partial charge in [-0.25, -0.2) is 4.39 Å². The average molecular weight is 283 g/mol. The second kappa shape index (κ2) is 8.08. The van der Waals surface area contributed by atoms with Gasteiger partial charge in [0.05, 0.1) is 18.7 Å². The number of ether oxygens (including phenoxy) is 1. The molecule has 0 fully saturated rings. The summed E-state index contributed by atoms with van der Waals surface area (Å²) < 4.78 is 18.9. The quantitative estimate of drug-likeness (QED) is 0.676. The summed E-state index contributed by atoms with van der Waals surface area (Å²) >= 11 is 0.